The first-order valence-corrected chi connectivity index (χ1v) is 13.8. The van der Waals surface area contributed by atoms with Crippen LogP contribution in [0.3, 0.4) is 0 Å². The van der Waals surface area contributed by atoms with Gasteiger partial charge in [-0.05, 0) is 61.9 Å². The van der Waals surface area contributed by atoms with Gasteiger partial charge in [-0.2, -0.15) is 0 Å². The van der Waals surface area contributed by atoms with Gasteiger partial charge in [0.2, 0.25) is 5.91 Å². The van der Waals surface area contributed by atoms with Crippen molar-refractivity contribution in [2.24, 2.45) is 16.6 Å². The van der Waals surface area contributed by atoms with E-state index in [1.807, 2.05) is 13.0 Å². The molecule has 38 heavy (non-hydrogen) atoms. The standard InChI is InChI=1S/C30H38N4O4/c1-4-37-25-12-10-20-14-21(25)17-34-28(35)15-22(32-30(34)31)8-6-5-7-19-9-11-26-23(13-19)24(33-29(20)36)16-27(38-26)18(2)3/h9-14,18,22,24,27H,4-8,15-17H2,1-3H3,(H2,31,32)(H,33,36). The van der Waals surface area contributed by atoms with Gasteiger partial charge in [0.15, 0.2) is 5.96 Å². The van der Waals surface area contributed by atoms with E-state index in [2.05, 4.69) is 36.3 Å². The molecule has 0 aromatic heterocycles. The summed E-state index contributed by atoms with van der Waals surface area (Å²) in [5, 5.41) is 3.28. The van der Waals surface area contributed by atoms with Gasteiger partial charge in [-0.15, -0.1) is 0 Å². The smallest absolute Gasteiger partial charge is 0.251 e. The Balaban J connectivity index is 1.53. The van der Waals surface area contributed by atoms with Crippen LogP contribution in [0.5, 0.6) is 11.5 Å². The zero-order valence-electron chi connectivity index (χ0n) is 22.5. The number of amides is 2. The predicted molar refractivity (Wildman–Crippen MR) is 146 cm³/mol. The Hall–Kier alpha value is -3.55. The molecule has 6 bridgehead atoms. The molecule has 6 rings (SSSR count). The van der Waals surface area contributed by atoms with Crippen LogP contribution in [0.25, 0.3) is 0 Å². The van der Waals surface area contributed by atoms with Crippen LogP contribution in [-0.4, -0.2) is 41.4 Å². The van der Waals surface area contributed by atoms with Gasteiger partial charge in [-0.25, -0.2) is 4.99 Å². The molecule has 0 saturated heterocycles. The summed E-state index contributed by atoms with van der Waals surface area (Å²) in [5.74, 6) is 1.79. The van der Waals surface area contributed by atoms with E-state index in [4.69, 9.17) is 15.2 Å². The fourth-order valence-electron chi connectivity index (χ4n) is 5.59. The van der Waals surface area contributed by atoms with Crippen molar-refractivity contribution in [3.8, 4) is 11.5 Å². The minimum atomic E-state index is -0.173. The molecule has 3 unspecified atom stereocenters. The van der Waals surface area contributed by atoms with Crippen LogP contribution in [0.4, 0.5) is 0 Å². The second-order valence-corrected chi connectivity index (χ2v) is 10.9. The monoisotopic (exact) mass is 518 g/mol. The van der Waals surface area contributed by atoms with E-state index < -0.39 is 0 Å². The Morgan fingerprint density at radius 1 is 1.18 bits per heavy atom. The maximum Gasteiger partial charge on any atom is 0.251 e. The molecule has 0 radical (unpaired) electrons. The number of ether oxygens (including phenoxy) is 2. The zero-order chi connectivity index (χ0) is 26.8. The zero-order valence-corrected chi connectivity index (χ0v) is 22.5. The van der Waals surface area contributed by atoms with Crippen molar-refractivity contribution >= 4 is 17.8 Å². The van der Waals surface area contributed by atoms with E-state index in [0.29, 0.717) is 36.7 Å². The molecule has 0 fully saturated rings. The number of hydrogen-bond acceptors (Lipinski definition) is 6. The van der Waals surface area contributed by atoms with Crippen molar-refractivity contribution < 1.29 is 19.1 Å². The number of guanidine groups is 1. The number of hydrogen-bond donors (Lipinski definition) is 2. The van der Waals surface area contributed by atoms with E-state index in [1.165, 1.54) is 10.5 Å². The number of fused-ring (bicyclic) bond motifs is 5. The highest BCUT2D eigenvalue weighted by atomic mass is 16.5. The molecule has 0 aliphatic carbocycles. The van der Waals surface area contributed by atoms with Crippen LogP contribution in [0, 0.1) is 5.92 Å². The molecule has 2 aromatic carbocycles. The highest BCUT2D eigenvalue weighted by Gasteiger charge is 2.32. The van der Waals surface area contributed by atoms with Crippen LogP contribution in [0.2, 0.25) is 0 Å². The van der Waals surface area contributed by atoms with Crippen LogP contribution < -0.4 is 20.5 Å². The lowest BCUT2D eigenvalue weighted by molar-refractivity contribution is -0.128. The van der Waals surface area contributed by atoms with Gasteiger partial charge in [0.25, 0.3) is 5.91 Å². The Kier molecular flexibility index (Phi) is 7.58. The number of carbonyl (C=O) groups is 2. The molecule has 202 valence electrons. The molecule has 2 amide bonds. The Labute approximate surface area is 224 Å². The number of nitrogens with two attached hydrogens (primary N) is 1. The van der Waals surface area contributed by atoms with Crippen molar-refractivity contribution in [2.75, 3.05) is 6.61 Å². The van der Waals surface area contributed by atoms with Gasteiger partial charge in [-0.3, -0.25) is 14.5 Å². The first kappa shape index (κ1) is 26.1. The Morgan fingerprint density at radius 3 is 2.79 bits per heavy atom. The molecule has 8 nitrogen and oxygen atoms in total. The topological polar surface area (TPSA) is 106 Å². The number of benzene rings is 2. The van der Waals surface area contributed by atoms with Crippen LogP contribution in [0.15, 0.2) is 41.4 Å². The SMILES string of the molecule is CCOc1ccc2cc1CN1C(=O)CC(CCCCc3ccc4c(c3)C(CC(C(C)C)O4)NC2=O)N=C1N. The molecular formula is C30H38N4O4. The van der Waals surface area contributed by atoms with Crippen molar-refractivity contribution in [3.63, 3.8) is 0 Å². The lowest BCUT2D eigenvalue weighted by Crippen LogP contribution is -2.46. The van der Waals surface area contributed by atoms with Crippen molar-refractivity contribution in [1.29, 1.82) is 0 Å². The Morgan fingerprint density at radius 2 is 2.03 bits per heavy atom. The number of carbonyl (C=O) groups excluding carboxylic acids is 2. The van der Waals surface area contributed by atoms with Gasteiger partial charge in [0.05, 0.1) is 25.2 Å². The van der Waals surface area contributed by atoms with E-state index in [0.717, 1.165) is 42.6 Å². The van der Waals surface area contributed by atoms with Gasteiger partial charge >= 0.3 is 0 Å². The van der Waals surface area contributed by atoms with E-state index >= 15 is 0 Å². The van der Waals surface area contributed by atoms with Crippen molar-refractivity contribution in [3.05, 3.63) is 58.7 Å². The van der Waals surface area contributed by atoms with Crippen LogP contribution >= 0.6 is 0 Å². The highest BCUT2D eigenvalue weighted by molar-refractivity contribution is 5.99. The minimum Gasteiger partial charge on any atom is -0.494 e. The molecule has 3 N–H and O–H groups in total. The van der Waals surface area contributed by atoms with Gasteiger partial charge in [0.1, 0.15) is 17.6 Å². The normalized spacial score (nSPS) is 23.7. The lowest BCUT2D eigenvalue weighted by atomic mass is 9.89. The van der Waals surface area contributed by atoms with Crippen LogP contribution in [-0.2, 0) is 17.8 Å². The number of nitrogens with one attached hydrogen (secondary N) is 1. The molecule has 0 saturated carbocycles. The second kappa shape index (κ2) is 11.1. The summed E-state index contributed by atoms with van der Waals surface area (Å²) in [6.07, 6.45) is 4.73. The first-order valence-electron chi connectivity index (χ1n) is 13.8. The number of aliphatic imine (C=N–C) groups is 1. The number of rotatable bonds is 3. The third-order valence-electron chi connectivity index (χ3n) is 7.75. The molecule has 8 heteroatoms. The van der Waals surface area contributed by atoms with Gasteiger partial charge in [-0.1, -0.05) is 32.4 Å². The average molecular weight is 519 g/mol. The summed E-state index contributed by atoms with van der Waals surface area (Å²) in [5.41, 5.74) is 9.76. The lowest BCUT2D eigenvalue weighted by Gasteiger charge is -2.35. The number of nitrogens with zero attached hydrogens (tertiary/aromatic N) is 2. The molecule has 3 atom stereocenters. The molecule has 0 spiro atoms. The summed E-state index contributed by atoms with van der Waals surface area (Å²) in [7, 11) is 0. The largest absolute Gasteiger partial charge is 0.494 e. The maximum atomic E-state index is 13.6. The summed E-state index contributed by atoms with van der Waals surface area (Å²) < 4.78 is 12.2. The van der Waals surface area contributed by atoms with Crippen molar-refractivity contribution in [2.45, 2.75) is 84.0 Å². The quantitative estimate of drug-likeness (QED) is 0.622. The third-order valence-corrected chi connectivity index (χ3v) is 7.75. The predicted octanol–water partition coefficient (Wildman–Crippen LogP) is 4.51. The third kappa shape index (κ3) is 5.49. The molecule has 4 aliphatic heterocycles. The molecule has 2 aromatic rings. The molecule has 4 heterocycles. The summed E-state index contributed by atoms with van der Waals surface area (Å²) in [6, 6.07) is 11.5. The highest BCUT2D eigenvalue weighted by Crippen LogP contribution is 2.38. The maximum absolute atomic E-state index is 13.6. The average Bonchev–Trinajstić information content (AvgIpc) is 2.89. The van der Waals surface area contributed by atoms with Crippen LogP contribution in [0.1, 0.15) is 86.0 Å². The molecular weight excluding hydrogens is 480 g/mol. The first-order chi connectivity index (χ1) is 18.3. The summed E-state index contributed by atoms with van der Waals surface area (Å²) in [6.45, 7) is 6.87. The molecule has 4 aliphatic rings. The Bertz CT molecular complexity index is 1240. The van der Waals surface area contributed by atoms with E-state index in [-0.39, 0.29) is 42.5 Å². The van der Waals surface area contributed by atoms with E-state index in [1.54, 1.807) is 18.2 Å². The number of aryl methyl sites for hydroxylation is 1. The van der Waals surface area contributed by atoms with E-state index in [9.17, 15) is 9.59 Å². The minimum absolute atomic E-state index is 0.0176. The van der Waals surface area contributed by atoms with Gasteiger partial charge in [0, 0.05) is 29.5 Å². The fourth-order valence-corrected chi connectivity index (χ4v) is 5.59. The summed E-state index contributed by atoms with van der Waals surface area (Å²) >= 11 is 0. The van der Waals surface area contributed by atoms with Gasteiger partial charge < -0.3 is 20.5 Å². The van der Waals surface area contributed by atoms with Crippen molar-refractivity contribution in [1.82, 2.24) is 10.2 Å². The summed E-state index contributed by atoms with van der Waals surface area (Å²) in [4.78, 5) is 32.8. The fraction of sp³-hybridized carbons (Fsp3) is 0.500. The second-order valence-electron chi connectivity index (χ2n) is 10.9.